The van der Waals surface area contributed by atoms with Crippen LogP contribution in [0.2, 0.25) is 0 Å². The number of carbonyl (C=O) groups is 1. The number of hydrogen-bond acceptors (Lipinski definition) is 5. The molecule has 2 rings (SSSR count). The number of ether oxygens (including phenoxy) is 1. The minimum Gasteiger partial charge on any atom is -0.493 e. The van der Waals surface area contributed by atoms with E-state index in [1.165, 1.54) is 25.4 Å². The second-order valence-corrected chi connectivity index (χ2v) is 3.67. The lowest BCUT2D eigenvalue weighted by Crippen LogP contribution is -2.03. The quantitative estimate of drug-likeness (QED) is 0.812. The molecule has 94 valence electrons. The van der Waals surface area contributed by atoms with E-state index in [1.54, 1.807) is 6.92 Å². The van der Waals surface area contributed by atoms with E-state index < -0.39 is 18.8 Å². The van der Waals surface area contributed by atoms with Crippen molar-refractivity contribution in [3.05, 3.63) is 29.6 Å². The van der Waals surface area contributed by atoms with E-state index in [0.717, 1.165) is 0 Å². The SMILES string of the molecule is [2H]C([2H])([2H])n1ncc(-c2cc(C(=O)OC)cc(C)n2)c1O. The summed E-state index contributed by atoms with van der Waals surface area (Å²) in [6.45, 7) is -0.932. The highest BCUT2D eigenvalue weighted by Gasteiger charge is 2.14. The van der Waals surface area contributed by atoms with Gasteiger partial charge in [-0.25, -0.2) is 9.48 Å². The lowest BCUT2D eigenvalue weighted by Gasteiger charge is -2.04. The van der Waals surface area contributed by atoms with Crippen LogP contribution in [0.25, 0.3) is 11.3 Å². The van der Waals surface area contributed by atoms with Crippen molar-refractivity contribution in [3.8, 4) is 17.1 Å². The van der Waals surface area contributed by atoms with Gasteiger partial charge in [0.25, 0.3) is 0 Å². The van der Waals surface area contributed by atoms with Crippen LogP contribution in [0, 0.1) is 6.92 Å². The van der Waals surface area contributed by atoms with Crippen LogP contribution in [-0.2, 0) is 11.7 Å². The summed E-state index contributed by atoms with van der Waals surface area (Å²) < 4.78 is 26.9. The topological polar surface area (TPSA) is 77.2 Å². The normalized spacial score (nSPS) is 13.6. The van der Waals surface area contributed by atoms with E-state index in [-0.39, 0.29) is 16.8 Å². The maximum Gasteiger partial charge on any atom is 0.337 e. The summed E-state index contributed by atoms with van der Waals surface area (Å²) in [5.41, 5.74) is 1.14. The monoisotopic (exact) mass is 250 g/mol. The lowest BCUT2D eigenvalue weighted by atomic mass is 10.1. The van der Waals surface area contributed by atoms with Crippen LogP contribution in [0.3, 0.4) is 0 Å². The standard InChI is InChI=1S/C12H13N3O3/c1-7-4-8(12(17)18-3)5-10(14-7)9-6-13-15(2)11(9)16/h4-6,16H,1-3H3/i2D3. The van der Waals surface area contributed by atoms with Gasteiger partial charge in [0.1, 0.15) is 0 Å². The third-order valence-electron chi connectivity index (χ3n) is 2.39. The highest BCUT2D eigenvalue weighted by atomic mass is 16.5. The van der Waals surface area contributed by atoms with Crippen LogP contribution in [0.1, 0.15) is 20.2 Å². The smallest absolute Gasteiger partial charge is 0.337 e. The first-order chi connectivity index (χ1) is 9.74. The number of hydrogen-bond donors (Lipinski definition) is 1. The summed E-state index contributed by atoms with van der Waals surface area (Å²) in [7, 11) is 1.25. The van der Waals surface area contributed by atoms with E-state index in [9.17, 15) is 9.90 Å². The maximum absolute atomic E-state index is 11.6. The van der Waals surface area contributed by atoms with Gasteiger partial charge in [-0.15, -0.1) is 0 Å². The summed E-state index contributed by atoms with van der Waals surface area (Å²) in [6, 6.07) is 2.93. The molecular formula is C12H13N3O3. The summed E-state index contributed by atoms with van der Waals surface area (Å²) in [5, 5.41) is 13.6. The third-order valence-corrected chi connectivity index (χ3v) is 2.39. The molecule has 0 bridgehead atoms. The van der Waals surface area contributed by atoms with E-state index in [4.69, 9.17) is 4.11 Å². The van der Waals surface area contributed by atoms with E-state index >= 15 is 0 Å². The zero-order valence-corrected chi connectivity index (χ0v) is 9.84. The van der Waals surface area contributed by atoms with Crippen molar-refractivity contribution in [3.63, 3.8) is 0 Å². The van der Waals surface area contributed by atoms with Gasteiger partial charge < -0.3 is 9.84 Å². The molecule has 2 aromatic rings. The van der Waals surface area contributed by atoms with Crippen LogP contribution in [0.15, 0.2) is 18.3 Å². The Morgan fingerprint density at radius 3 is 2.94 bits per heavy atom. The van der Waals surface area contributed by atoms with E-state index in [2.05, 4.69) is 14.8 Å². The van der Waals surface area contributed by atoms with Gasteiger partial charge in [-0.2, -0.15) is 5.10 Å². The second-order valence-electron chi connectivity index (χ2n) is 3.67. The number of carbonyl (C=O) groups excluding carboxylic acids is 1. The van der Waals surface area contributed by atoms with Gasteiger partial charge in [-0.3, -0.25) is 4.98 Å². The van der Waals surface area contributed by atoms with Crippen LogP contribution in [-0.4, -0.2) is 33.0 Å². The van der Waals surface area contributed by atoms with Gasteiger partial charge in [-0.05, 0) is 19.1 Å². The summed E-state index contributed by atoms with van der Waals surface area (Å²) in [5.74, 6) is -1.09. The molecule has 0 unspecified atom stereocenters. The predicted octanol–water partition coefficient (Wildman–Crippen LogP) is 1.28. The van der Waals surface area contributed by atoms with Crippen molar-refractivity contribution in [1.29, 1.82) is 0 Å². The molecule has 6 nitrogen and oxygen atoms in total. The van der Waals surface area contributed by atoms with Crippen LogP contribution in [0.4, 0.5) is 0 Å². The molecule has 0 saturated heterocycles. The molecule has 0 fully saturated rings. The number of aromatic nitrogens is 3. The number of aromatic hydroxyl groups is 1. The number of rotatable bonds is 2. The number of nitrogens with zero attached hydrogens (tertiary/aromatic N) is 3. The fraction of sp³-hybridized carbons (Fsp3) is 0.250. The fourth-order valence-corrected chi connectivity index (χ4v) is 1.56. The molecule has 6 heteroatoms. The highest BCUT2D eigenvalue weighted by molar-refractivity contribution is 5.90. The molecule has 1 N–H and O–H groups in total. The Kier molecular flexibility index (Phi) is 2.16. The summed E-state index contributed by atoms with van der Waals surface area (Å²) in [6.07, 6.45) is 1.19. The largest absolute Gasteiger partial charge is 0.493 e. The molecule has 0 aliphatic heterocycles. The number of esters is 1. The average molecular weight is 250 g/mol. The first kappa shape index (κ1) is 8.68. The van der Waals surface area contributed by atoms with E-state index in [1.807, 2.05) is 0 Å². The lowest BCUT2D eigenvalue weighted by molar-refractivity contribution is 0.0600. The van der Waals surface area contributed by atoms with Gasteiger partial charge in [0.15, 0.2) is 0 Å². The minimum atomic E-state index is -2.60. The molecule has 0 aromatic carbocycles. The van der Waals surface area contributed by atoms with Crippen LogP contribution >= 0.6 is 0 Å². The predicted molar refractivity (Wildman–Crippen MR) is 64.2 cm³/mol. The van der Waals surface area contributed by atoms with Crippen molar-refractivity contribution in [2.45, 2.75) is 6.92 Å². The Morgan fingerprint density at radius 2 is 2.33 bits per heavy atom. The number of methoxy groups -OCH3 is 1. The Labute approximate surface area is 108 Å². The highest BCUT2D eigenvalue weighted by Crippen LogP contribution is 2.27. The number of aryl methyl sites for hydroxylation is 2. The summed E-state index contributed by atoms with van der Waals surface area (Å²) in [4.78, 5) is 15.7. The fourth-order valence-electron chi connectivity index (χ4n) is 1.56. The van der Waals surface area contributed by atoms with Gasteiger partial charge in [-0.1, -0.05) is 0 Å². The molecule has 0 radical (unpaired) electrons. The molecule has 0 spiro atoms. The molecule has 0 saturated carbocycles. The van der Waals surface area contributed by atoms with Gasteiger partial charge >= 0.3 is 5.97 Å². The first-order valence-electron chi connectivity index (χ1n) is 6.59. The Hall–Kier alpha value is -2.37. The van der Waals surface area contributed by atoms with Crippen LogP contribution in [0.5, 0.6) is 5.88 Å². The zero-order valence-electron chi connectivity index (χ0n) is 12.8. The average Bonchev–Trinajstić information content (AvgIpc) is 2.78. The molecule has 18 heavy (non-hydrogen) atoms. The first-order valence-corrected chi connectivity index (χ1v) is 5.09. The molecular weight excluding hydrogens is 234 g/mol. The van der Waals surface area contributed by atoms with Gasteiger partial charge in [0.2, 0.25) is 5.88 Å². The number of pyridine rings is 1. The molecule has 0 amide bonds. The van der Waals surface area contributed by atoms with Crippen molar-refractivity contribution in [1.82, 2.24) is 14.8 Å². The minimum absolute atomic E-state index is 0.125. The van der Waals surface area contributed by atoms with Crippen molar-refractivity contribution < 1.29 is 18.8 Å². The Bertz CT molecular complexity index is 695. The van der Waals surface area contributed by atoms with Crippen molar-refractivity contribution in [2.24, 2.45) is 6.98 Å². The Balaban J connectivity index is 2.55. The van der Waals surface area contributed by atoms with Gasteiger partial charge in [0, 0.05) is 16.8 Å². The molecule has 0 atom stereocenters. The molecule has 2 heterocycles. The van der Waals surface area contributed by atoms with Crippen molar-refractivity contribution in [2.75, 3.05) is 7.11 Å². The van der Waals surface area contributed by atoms with Crippen molar-refractivity contribution >= 4 is 5.97 Å². The maximum atomic E-state index is 11.6. The third kappa shape index (κ3) is 2.04. The summed E-state index contributed by atoms with van der Waals surface area (Å²) >= 11 is 0. The Morgan fingerprint density at radius 1 is 1.56 bits per heavy atom. The molecule has 0 aliphatic carbocycles. The molecule has 2 aromatic heterocycles. The van der Waals surface area contributed by atoms with E-state index in [0.29, 0.717) is 10.4 Å². The van der Waals surface area contributed by atoms with Crippen LogP contribution < -0.4 is 0 Å². The zero-order chi connectivity index (χ0) is 15.8. The van der Waals surface area contributed by atoms with Gasteiger partial charge in [0.05, 0.1) is 30.1 Å². The second kappa shape index (κ2) is 4.48. The molecule has 0 aliphatic rings.